The number of benzene rings is 2. The molecular formula is C20H25N3O3S. The van der Waals surface area contributed by atoms with Crippen molar-refractivity contribution >= 4 is 21.6 Å². The highest BCUT2D eigenvalue weighted by Crippen LogP contribution is 2.22. The van der Waals surface area contributed by atoms with Crippen molar-refractivity contribution < 1.29 is 13.2 Å². The zero-order valence-corrected chi connectivity index (χ0v) is 16.7. The van der Waals surface area contributed by atoms with Crippen LogP contribution in [0.5, 0.6) is 0 Å². The quantitative estimate of drug-likeness (QED) is 0.807. The van der Waals surface area contributed by atoms with Gasteiger partial charge in [-0.15, -0.1) is 0 Å². The summed E-state index contributed by atoms with van der Waals surface area (Å²) in [5, 5.41) is 0. The van der Waals surface area contributed by atoms with Crippen molar-refractivity contribution in [3.05, 3.63) is 59.7 Å². The molecule has 1 heterocycles. The lowest BCUT2D eigenvalue weighted by atomic mass is 10.1. The Morgan fingerprint density at radius 3 is 2.19 bits per heavy atom. The van der Waals surface area contributed by atoms with Gasteiger partial charge < -0.3 is 9.80 Å². The third-order valence-corrected chi connectivity index (χ3v) is 6.84. The molecule has 1 saturated heterocycles. The van der Waals surface area contributed by atoms with E-state index < -0.39 is 10.0 Å². The van der Waals surface area contributed by atoms with Gasteiger partial charge in [0.1, 0.15) is 0 Å². The standard InChI is InChI=1S/C20H25N3O3S/c1-16-9-10-17(15-19(16)27(25,26)21(2)3)20(24)23-13-11-22(12-14-23)18-7-5-4-6-8-18/h4-10,15H,11-14H2,1-3H3. The maximum Gasteiger partial charge on any atom is 0.254 e. The molecular weight excluding hydrogens is 362 g/mol. The summed E-state index contributed by atoms with van der Waals surface area (Å²) in [6.07, 6.45) is 0. The molecule has 6 nitrogen and oxygen atoms in total. The summed E-state index contributed by atoms with van der Waals surface area (Å²) in [4.78, 5) is 17.1. The van der Waals surface area contributed by atoms with Gasteiger partial charge >= 0.3 is 0 Å². The highest BCUT2D eigenvalue weighted by atomic mass is 32.2. The SMILES string of the molecule is Cc1ccc(C(=O)N2CCN(c3ccccc3)CC2)cc1S(=O)(=O)N(C)C. The number of piperazine rings is 1. The maximum absolute atomic E-state index is 12.9. The number of aryl methyl sites for hydroxylation is 1. The molecule has 144 valence electrons. The van der Waals surface area contributed by atoms with E-state index in [1.807, 2.05) is 18.2 Å². The first-order chi connectivity index (χ1) is 12.8. The Bertz CT molecular complexity index is 919. The minimum absolute atomic E-state index is 0.127. The molecule has 0 spiro atoms. The van der Waals surface area contributed by atoms with Gasteiger partial charge in [0, 0.05) is 51.5 Å². The van der Waals surface area contributed by atoms with Gasteiger partial charge in [0.15, 0.2) is 0 Å². The van der Waals surface area contributed by atoms with E-state index in [0.29, 0.717) is 24.2 Å². The van der Waals surface area contributed by atoms with Crippen LogP contribution in [0.25, 0.3) is 0 Å². The fourth-order valence-electron chi connectivity index (χ4n) is 3.20. The lowest BCUT2D eigenvalue weighted by Crippen LogP contribution is -2.48. The molecule has 2 aromatic rings. The topological polar surface area (TPSA) is 60.9 Å². The average molecular weight is 388 g/mol. The second kappa shape index (κ2) is 7.70. The third kappa shape index (κ3) is 3.99. The number of anilines is 1. The predicted molar refractivity (Wildman–Crippen MR) is 107 cm³/mol. The summed E-state index contributed by atoms with van der Waals surface area (Å²) < 4.78 is 26.2. The van der Waals surface area contributed by atoms with E-state index in [1.54, 1.807) is 24.0 Å². The monoisotopic (exact) mass is 387 g/mol. The van der Waals surface area contributed by atoms with E-state index in [-0.39, 0.29) is 10.8 Å². The minimum Gasteiger partial charge on any atom is -0.368 e. The van der Waals surface area contributed by atoms with E-state index in [9.17, 15) is 13.2 Å². The van der Waals surface area contributed by atoms with Gasteiger partial charge in [-0.25, -0.2) is 12.7 Å². The van der Waals surface area contributed by atoms with Crippen LogP contribution in [0, 0.1) is 6.92 Å². The zero-order chi connectivity index (χ0) is 19.6. The highest BCUT2D eigenvalue weighted by Gasteiger charge is 2.25. The normalized spacial score (nSPS) is 15.3. The third-order valence-electron chi connectivity index (χ3n) is 4.88. The lowest BCUT2D eigenvalue weighted by molar-refractivity contribution is 0.0746. The first-order valence-electron chi connectivity index (χ1n) is 8.93. The molecule has 1 amide bonds. The second-order valence-electron chi connectivity index (χ2n) is 6.88. The number of amides is 1. The molecule has 0 bridgehead atoms. The summed E-state index contributed by atoms with van der Waals surface area (Å²) >= 11 is 0. The van der Waals surface area contributed by atoms with Crippen molar-refractivity contribution in [1.29, 1.82) is 0 Å². The fourth-order valence-corrected chi connectivity index (χ4v) is 4.34. The van der Waals surface area contributed by atoms with Crippen LogP contribution in [0.15, 0.2) is 53.4 Å². The molecule has 2 aromatic carbocycles. The Morgan fingerprint density at radius 2 is 1.59 bits per heavy atom. The lowest BCUT2D eigenvalue weighted by Gasteiger charge is -2.36. The first-order valence-corrected chi connectivity index (χ1v) is 10.4. The average Bonchev–Trinajstić information content (AvgIpc) is 2.68. The van der Waals surface area contributed by atoms with Crippen LogP contribution in [0.3, 0.4) is 0 Å². The van der Waals surface area contributed by atoms with E-state index >= 15 is 0 Å². The molecule has 0 atom stereocenters. The van der Waals surface area contributed by atoms with Crippen molar-refractivity contribution in [2.24, 2.45) is 0 Å². The largest absolute Gasteiger partial charge is 0.368 e. The summed E-state index contributed by atoms with van der Waals surface area (Å²) in [5.41, 5.74) is 2.20. The minimum atomic E-state index is -3.58. The molecule has 27 heavy (non-hydrogen) atoms. The number of sulfonamides is 1. The molecule has 1 fully saturated rings. The first kappa shape index (κ1) is 19.4. The van der Waals surface area contributed by atoms with Crippen molar-refractivity contribution in [2.75, 3.05) is 45.2 Å². The van der Waals surface area contributed by atoms with E-state index in [4.69, 9.17) is 0 Å². The van der Waals surface area contributed by atoms with Gasteiger partial charge in [0.25, 0.3) is 5.91 Å². The van der Waals surface area contributed by atoms with Crippen LogP contribution < -0.4 is 4.90 Å². The fraction of sp³-hybridized carbons (Fsp3) is 0.350. The number of carbonyl (C=O) groups excluding carboxylic acids is 1. The van der Waals surface area contributed by atoms with E-state index in [2.05, 4.69) is 17.0 Å². The highest BCUT2D eigenvalue weighted by molar-refractivity contribution is 7.89. The number of hydrogen-bond acceptors (Lipinski definition) is 4. The molecule has 1 aliphatic rings. The second-order valence-corrected chi connectivity index (χ2v) is 9.00. The molecule has 0 aromatic heterocycles. The zero-order valence-electron chi connectivity index (χ0n) is 15.9. The van der Waals surface area contributed by atoms with Gasteiger partial charge in [-0.05, 0) is 36.8 Å². The molecule has 0 unspecified atom stereocenters. The molecule has 0 radical (unpaired) electrons. The Labute approximate surface area is 161 Å². The summed E-state index contributed by atoms with van der Waals surface area (Å²) in [6, 6.07) is 15.0. The predicted octanol–water partition coefficient (Wildman–Crippen LogP) is 2.21. The Balaban J connectivity index is 1.76. The van der Waals surface area contributed by atoms with Crippen molar-refractivity contribution in [2.45, 2.75) is 11.8 Å². The van der Waals surface area contributed by atoms with Gasteiger partial charge in [-0.3, -0.25) is 4.79 Å². The molecule has 3 rings (SSSR count). The summed E-state index contributed by atoms with van der Waals surface area (Å²) in [6.45, 7) is 4.47. The van der Waals surface area contributed by atoms with Gasteiger partial charge in [-0.2, -0.15) is 0 Å². The van der Waals surface area contributed by atoms with Crippen LogP contribution >= 0.6 is 0 Å². The van der Waals surface area contributed by atoms with Gasteiger partial charge in [-0.1, -0.05) is 24.3 Å². The van der Waals surface area contributed by atoms with Crippen LogP contribution in [-0.2, 0) is 10.0 Å². The Kier molecular flexibility index (Phi) is 5.53. The van der Waals surface area contributed by atoms with Crippen molar-refractivity contribution in [3.8, 4) is 0 Å². The van der Waals surface area contributed by atoms with E-state index in [1.165, 1.54) is 24.5 Å². The van der Waals surface area contributed by atoms with Crippen LogP contribution in [0.1, 0.15) is 15.9 Å². The van der Waals surface area contributed by atoms with Crippen molar-refractivity contribution in [1.82, 2.24) is 9.21 Å². The summed E-state index contributed by atoms with van der Waals surface area (Å²) in [7, 11) is -0.600. The number of carbonyl (C=O) groups is 1. The molecule has 0 N–H and O–H groups in total. The number of para-hydroxylation sites is 1. The number of hydrogen-bond donors (Lipinski definition) is 0. The van der Waals surface area contributed by atoms with Crippen molar-refractivity contribution in [3.63, 3.8) is 0 Å². The maximum atomic E-state index is 12.9. The van der Waals surface area contributed by atoms with Crippen LogP contribution in [0.4, 0.5) is 5.69 Å². The molecule has 0 aliphatic carbocycles. The van der Waals surface area contributed by atoms with Gasteiger partial charge in [0.2, 0.25) is 10.0 Å². The Hall–Kier alpha value is -2.38. The molecule has 0 saturated carbocycles. The number of nitrogens with zero attached hydrogens (tertiary/aromatic N) is 3. The molecule has 1 aliphatic heterocycles. The Morgan fingerprint density at radius 1 is 0.963 bits per heavy atom. The van der Waals surface area contributed by atoms with Gasteiger partial charge in [0.05, 0.1) is 4.90 Å². The smallest absolute Gasteiger partial charge is 0.254 e. The van der Waals surface area contributed by atoms with Crippen LogP contribution in [-0.4, -0.2) is 63.8 Å². The molecule has 7 heteroatoms. The number of rotatable bonds is 4. The summed E-state index contributed by atoms with van der Waals surface area (Å²) in [5.74, 6) is -0.127. The van der Waals surface area contributed by atoms with Crippen LogP contribution in [0.2, 0.25) is 0 Å². The van der Waals surface area contributed by atoms with E-state index in [0.717, 1.165) is 18.8 Å².